The third-order valence-electron chi connectivity index (χ3n) is 4.95. The first-order valence-corrected chi connectivity index (χ1v) is 6.35. The fourth-order valence-corrected chi connectivity index (χ4v) is 4.28. The van der Waals surface area contributed by atoms with Crippen LogP contribution < -0.4 is 11.1 Å². The van der Waals surface area contributed by atoms with E-state index < -0.39 is 0 Å². The van der Waals surface area contributed by atoms with Gasteiger partial charge < -0.3 is 11.1 Å². The summed E-state index contributed by atoms with van der Waals surface area (Å²) in [4.78, 5) is 12.1. The smallest absolute Gasteiger partial charge is 0.229 e. The Morgan fingerprint density at radius 2 is 2.12 bits per heavy atom. The molecule has 1 aromatic heterocycles. The van der Waals surface area contributed by atoms with E-state index >= 15 is 0 Å². The van der Waals surface area contributed by atoms with Crippen molar-refractivity contribution in [3.05, 3.63) is 6.20 Å². The SMILES string of the molecule is Nc1cn[nH]c1NC(=O)C1C2C3CCC(C3)C12. The summed E-state index contributed by atoms with van der Waals surface area (Å²) in [6.07, 6.45) is 5.56. The van der Waals surface area contributed by atoms with Gasteiger partial charge in [-0.3, -0.25) is 9.89 Å². The number of carbonyl (C=O) groups excluding carboxylic acids is 1. The molecule has 0 saturated heterocycles. The number of fused-ring (bicyclic) bond motifs is 5. The first kappa shape index (κ1) is 9.50. The molecule has 5 nitrogen and oxygen atoms in total. The number of aromatic amines is 1. The summed E-state index contributed by atoms with van der Waals surface area (Å²) in [6, 6.07) is 0. The highest BCUT2D eigenvalue weighted by Gasteiger charge is 2.67. The van der Waals surface area contributed by atoms with Gasteiger partial charge in [0.15, 0.2) is 5.82 Å². The number of nitrogens with two attached hydrogens (primary N) is 1. The predicted molar refractivity (Wildman–Crippen MR) is 62.9 cm³/mol. The molecule has 4 unspecified atom stereocenters. The van der Waals surface area contributed by atoms with Crippen LogP contribution in [0.25, 0.3) is 0 Å². The summed E-state index contributed by atoms with van der Waals surface area (Å²) in [5, 5.41) is 9.39. The summed E-state index contributed by atoms with van der Waals surface area (Å²) in [5.74, 6) is 3.89. The normalized spacial score (nSPS) is 41.3. The van der Waals surface area contributed by atoms with Crippen molar-refractivity contribution >= 4 is 17.4 Å². The summed E-state index contributed by atoms with van der Waals surface area (Å²) >= 11 is 0. The lowest BCUT2D eigenvalue weighted by Gasteiger charge is -2.08. The van der Waals surface area contributed by atoms with Crippen LogP contribution in [0, 0.1) is 29.6 Å². The lowest BCUT2D eigenvalue weighted by molar-refractivity contribution is -0.118. The van der Waals surface area contributed by atoms with E-state index in [9.17, 15) is 4.79 Å². The Morgan fingerprint density at radius 3 is 2.71 bits per heavy atom. The van der Waals surface area contributed by atoms with Crippen molar-refractivity contribution in [1.82, 2.24) is 10.2 Å². The Labute approximate surface area is 99.1 Å². The van der Waals surface area contributed by atoms with E-state index in [1.807, 2.05) is 0 Å². The van der Waals surface area contributed by atoms with Gasteiger partial charge in [0.1, 0.15) is 0 Å². The van der Waals surface area contributed by atoms with Crippen molar-refractivity contribution in [1.29, 1.82) is 0 Å². The molecule has 3 saturated carbocycles. The molecule has 90 valence electrons. The van der Waals surface area contributed by atoms with Gasteiger partial charge in [-0.2, -0.15) is 5.10 Å². The quantitative estimate of drug-likeness (QED) is 0.717. The third-order valence-corrected chi connectivity index (χ3v) is 4.95. The highest BCUT2D eigenvalue weighted by Crippen LogP contribution is 2.69. The van der Waals surface area contributed by atoms with Gasteiger partial charge in [-0.15, -0.1) is 0 Å². The molecule has 0 spiro atoms. The molecule has 4 rings (SSSR count). The number of nitrogens with one attached hydrogen (secondary N) is 2. The molecule has 0 aromatic carbocycles. The molecule has 3 fully saturated rings. The van der Waals surface area contributed by atoms with E-state index in [0.29, 0.717) is 23.3 Å². The minimum Gasteiger partial charge on any atom is -0.394 e. The second kappa shape index (κ2) is 3.03. The standard InChI is InChI=1S/C12H16N4O/c13-7-4-14-16-11(7)15-12(17)10-8-5-1-2-6(3-5)9(8)10/h4-6,8-10H,1-3,13H2,(H2,14,15,16,17). The second-order valence-corrected chi connectivity index (χ2v) is 5.70. The molecular formula is C12H16N4O. The van der Waals surface area contributed by atoms with Crippen LogP contribution in [0.15, 0.2) is 6.20 Å². The second-order valence-electron chi connectivity index (χ2n) is 5.70. The molecule has 17 heavy (non-hydrogen) atoms. The zero-order valence-electron chi connectivity index (χ0n) is 9.52. The molecule has 4 N–H and O–H groups in total. The highest BCUT2D eigenvalue weighted by molar-refractivity contribution is 5.96. The third kappa shape index (κ3) is 1.19. The average Bonchev–Trinajstić information content (AvgIpc) is 2.64. The average molecular weight is 232 g/mol. The molecule has 0 aliphatic heterocycles. The number of rotatable bonds is 2. The van der Waals surface area contributed by atoms with Crippen LogP contribution >= 0.6 is 0 Å². The topological polar surface area (TPSA) is 83.8 Å². The molecule has 5 heteroatoms. The molecule has 1 heterocycles. The van der Waals surface area contributed by atoms with Crippen LogP contribution in [-0.4, -0.2) is 16.1 Å². The maximum atomic E-state index is 12.1. The van der Waals surface area contributed by atoms with E-state index in [-0.39, 0.29) is 11.8 Å². The van der Waals surface area contributed by atoms with Gasteiger partial charge in [-0.05, 0) is 42.9 Å². The summed E-state index contributed by atoms with van der Waals surface area (Å²) < 4.78 is 0. The number of nitrogens with zero attached hydrogens (tertiary/aromatic N) is 1. The van der Waals surface area contributed by atoms with E-state index in [0.717, 1.165) is 11.8 Å². The van der Waals surface area contributed by atoms with E-state index in [2.05, 4.69) is 15.5 Å². The monoisotopic (exact) mass is 232 g/mol. The van der Waals surface area contributed by atoms with Crippen molar-refractivity contribution < 1.29 is 4.79 Å². The van der Waals surface area contributed by atoms with E-state index in [4.69, 9.17) is 5.73 Å². The van der Waals surface area contributed by atoms with Gasteiger partial charge in [0.05, 0.1) is 11.9 Å². The van der Waals surface area contributed by atoms with Crippen LogP contribution in [-0.2, 0) is 4.79 Å². The maximum Gasteiger partial charge on any atom is 0.229 e. The Kier molecular flexibility index (Phi) is 1.69. The molecule has 4 atom stereocenters. The van der Waals surface area contributed by atoms with Crippen molar-refractivity contribution in [2.24, 2.45) is 29.6 Å². The number of carbonyl (C=O) groups is 1. The largest absolute Gasteiger partial charge is 0.394 e. The molecule has 1 aromatic rings. The lowest BCUT2D eigenvalue weighted by atomic mass is 10.0. The lowest BCUT2D eigenvalue weighted by Crippen LogP contribution is -2.19. The number of hydrogen-bond donors (Lipinski definition) is 3. The molecule has 3 aliphatic rings. The number of aromatic nitrogens is 2. The Morgan fingerprint density at radius 1 is 1.41 bits per heavy atom. The zero-order chi connectivity index (χ0) is 11.6. The zero-order valence-corrected chi connectivity index (χ0v) is 9.52. The fraction of sp³-hybridized carbons (Fsp3) is 0.667. The minimum atomic E-state index is 0.132. The Hall–Kier alpha value is -1.52. The minimum absolute atomic E-state index is 0.132. The number of amides is 1. The van der Waals surface area contributed by atoms with Crippen LogP contribution in [0.2, 0.25) is 0 Å². The van der Waals surface area contributed by atoms with E-state index in [1.54, 1.807) is 0 Å². The summed E-state index contributed by atoms with van der Waals surface area (Å²) in [6.45, 7) is 0. The summed E-state index contributed by atoms with van der Waals surface area (Å²) in [7, 11) is 0. The first-order chi connectivity index (χ1) is 8.25. The van der Waals surface area contributed by atoms with Crippen LogP contribution in [0.4, 0.5) is 11.5 Å². The van der Waals surface area contributed by atoms with Gasteiger partial charge in [0, 0.05) is 5.92 Å². The number of hydrogen-bond acceptors (Lipinski definition) is 3. The van der Waals surface area contributed by atoms with Crippen molar-refractivity contribution in [2.75, 3.05) is 11.1 Å². The Bertz CT molecular complexity index is 467. The molecule has 0 radical (unpaired) electrons. The van der Waals surface area contributed by atoms with Crippen molar-refractivity contribution in [3.63, 3.8) is 0 Å². The molecule has 1 amide bonds. The van der Waals surface area contributed by atoms with Gasteiger partial charge in [0.25, 0.3) is 0 Å². The fourth-order valence-electron chi connectivity index (χ4n) is 4.28. The number of nitrogen functional groups attached to an aromatic ring is 1. The molecular weight excluding hydrogens is 216 g/mol. The van der Waals surface area contributed by atoms with Gasteiger partial charge >= 0.3 is 0 Å². The van der Waals surface area contributed by atoms with Gasteiger partial charge in [-0.25, -0.2) is 0 Å². The number of anilines is 2. The van der Waals surface area contributed by atoms with Crippen LogP contribution in [0.1, 0.15) is 19.3 Å². The molecule has 2 bridgehead atoms. The highest BCUT2D eigenvalue weighted by atomic mass is 16.2. The van der Waals surface area contributed by atoms with E-state index in [1.165, 1.54) is 25.5 Å². The maximum absolute atomic E-state index is 12.1. The number of H-pyrrole nitrogens is 1. The summed E-state index contributed by atoms with van der Waals surface area (Å²) in [5.41, 5.74) is 6.19. The van der Waals surface area contributed by atoms with Gasteiger partial charge in [-0.1, -0.05) is 0 Å². The Balaban J connectivity index is 1.48. The predicted octanol–water partition coefficient (Wildman–Crippen LogP) is 1.22. The van der Waals surface area contributed by atoms with Crippen LogP contribution in [0.3, 0.4) is 0 Å². The first-order valence-electron chi connectivity index (χ1n) is 6.35. The molecule has 3 aliphatic carbocycles. The van der Waals surface area contributed by atoms with Crippen molar-refractivity contribution in [3.8, 4) is 0 Å². The van der Waals surface area contributed by atoms with Crippen molar-refractivity contribution in [2.45, 2.75) is 19.3 Å². The van der Waals surface area contributed by atoms with Crippen LogP contribution in [0.5, 0.6) is 0 Å². The van der Waals surface area contributed by atoms with Gasteiger partial charge in [0.2, 0.25) is 5.91 Å².